The van der Waals surface area contributed by atoms with E-state index in [0.717, 1.165) is 6.42 Å². The molecule has 1 fully saturated rings. The van der Waals surface area contributed by atoms with Crippen molar-refractivity contribution in [3.8, 4) is 0 Å². The zero-order chi connectivity index (χ0) is 12.6. The molecule has 1 atom stereocenters. The molecule has 1 rings (SSSR count). The number of likely N-dealkylation sites (tertiary alicyclic amines) is 1. The van der Waals surface area contributed by atoms with Crippen LogP contribution in [-0.2, 0) is 4.74 Å². The van der Waals surface area contributed by atoms with Crippen LogP contribution in [0.15, 0.2) is 0 Å². The molecule has 0 aromatic rings. The lowest BCUT2D eigenvalue weighted by Gasteiger charge is -2.36. The van der Waals surface area contributed by atoms with Gasteiger partial charge in [-0.25, -0.2) is 4.79 Å². The number of ether oxygens (including phenoxy) is 1. The van der Waals surface area contributed by atoms with Gasteiger partial charge in [-0.2, -0.15) is 0 Å². The third kappa shape index (κ3) is 2.65. The van der Waals surface area contributed by atoms with Gasteiger partial charge >= 0.3 is 6.09 Å². The van der Waals surface area contributed by atoms with Gasteiger partial charge in [0.1, 0.15) is 5.60 Å². The maximum absolute atomic E-state index is 12.0. The second-order valence-electron chi connectivity index (χ2n) is 5.79. The molecule has 1 heterocycles. The van der Waals surface area contributed by atoms with E-state index in [1.807, 2.05) is 34.6 Å². The summed E-state index contributed by atoms with van der Waals surface area (Å²) in [6.45, 7) is 10.3. The first-order valence-corrected chi connectivity index (χ1v) is 5.65. The van der Waals surface area contributed by atoms with Crippen molar-refractivity contribution >= 4 is 6.09 Å². The van der Waals surface area contributed by atoms with Gasteiger partial charge in [0, 0.05) is 12.6 Å². The number of carbonyl (C=O) groups is 1. The summed E-state index contributed by atoms with van der Waals surface area (Å²) in [4.78, 5) is 13.7. The van der Waals surface area contributed by atoms with E-state index in [0.29, 0.717) is 6.54 Å². The second-order valence-corrected chi connectivity index (χ2v) is 5.79. The molecular formula is C11H23N3O2. The summed E-state index contributed by atoms with van der Waals surface area (Å²) in [5, 5.41) is 0. The molecular weight excluding hydrogens is 206 g/mol. The standard InChI is InChI=1S/C11H23N3O2/c1-10(2,3)16-9(15)14-7-6-8(13-12)11(14,4)5/h8,13H,6-7,12H2,1-5H3. The highest BCUT2D eigenvalue weighted by Gasteiger charge is 2.44. The first-order valence-electron chi connectivity index (χ1n) is 5.65. The fraction of sp³-hybridized carbons (Fsp3) is 0.909. The van der Waals surface area contributed by atoms with Crippen molar-refractivity contribution < 1.29 is 9.53 Å². The van der Waals surface area contributed by atoms with Crippen molar-refractivity contribution in [3.05, 3.63) is 0 Å². The average molecular weight is 229 g/mol. The quantitative estimate of drug-likeness (QED) is 0.524. The van der Waals surface area contributed by atoms with Gasteiger partial charge in [-0.15, -0.1) is 0 Å². The summed E-state index contributed by atoms with van der Waals surface area (Å²) >= 11 is 0. The number of hydrazine groups is 1. The molecule has 0 aliphatic carbocycles. The molecule has 0 aromatic carbocycles. The fourth-order valence-electron chi connectivity index (χ4n) is 2.02. The highest BCUT2D eigenvalue weighted by molar-refractivity contribution is 5.69. The largest absolute Gasteiger partial charge is 0.444 e. The van der Waals surface area contributed by atoms with Gasteiger partial charge in [-0.1, -0.05) is 0 Å². The lowest BCUT2D eigenvalue weighted by molar-refractivity contribution is 0.0110. The van der Waals surface area contributed by atoms with Crippen molar-refractivity contribution in [2.24, 2.45) is 5.84 Å². The number of amides is 1. The molecule has 0 spiro atoms. The van der Waals surface area contributed by atoms with Crippen LogP contribution in [0.3, 0.4) is 0 Å². The fourth-order valence-corrected chi connectivity index (χ4v) is 2.02. The van der Waals surface area contributed by atoms with E-state index < -0.39 is 5.60 Å². The molecule has 5 nitrogen and oxygen atoms in total. The Morgan fingerprint density at radius 1 is 1.50 bits per heavy atom. The van der Waals surface area contributed by atoms with Gasteiger partial charge in [-0.05, 0) is 41.0 Å². The first-order chi connectivity index (χ1) is 7.18. The van der Waals surface area contributed by atoms with Gasteiger partial charge in [0.2, 0.25) is 0 Å². The van der Waals surface area contributed by atoms with E-state index in [9.17, 15) is 4.79 Å². The molecule has 0 radical (unpaired) electrons. The zero-order valence-corrected chi connectivity index (χ0v) is 10.8. The van der Waals surface area contributed by atoms with E-state index >= 15 is 0 Å². The van der Waals surface area contributed by atoms with Crippen molar-refractivity contribution in [1.82, 2.24) is 10.3 Å². The van der Waals surface area contributed by atoms with Gasteiger partial charge in [-0.3, -0.25) is 11.3 Å². The summed E-state index contributed by atoms with van der Waals surface area (Å²) in [5.74, 6) is 5.47. The molecule has 0 aromatic heterocycles. The summed E-state index contributed by atoms with van der Waals surface area (Å²) in [6, 6.07) is 0.111. The lowest BCUT2D eigenvalue weighted by Crippen LogP contribution is -2.55. The number of hydrogen-bond donors (Lipinski definition) is 2. The molecule has 1 amide bonds. The average Bonchev–Trinajstić information content (AvgIpc) is 2.36. The van der Waals surface area contributed by atoms with Crippen molar-refractivity contribution in [1.29, 1.82) is 0 Å². The SMILES string of the molecule is CC(C)(C)OC(=O)N1CCC(NN)C1(C)C. The van der Waals surface area contributed by atoms with Gasteiger partial charge < -0.3 is 9.64 Å². The monoisotopic (exact) mass is 229 g/mol. The smallest absolute Gasteiger partial charge is 0.410 e. The summed E-state index contributed by atoms with van der Waals surface area (Å²) in [7, 11) is 0. The molecule has 1 saturated heterocycles. The Hall–Kier alpha value is -0.810. The minimum absolute atomic E-state index is 0.111. The highest BCUT2D eigenvalue weighted by atomic mass is 16.6. The molecule has 1 aliphatic rings. The number of nitrogens with one attached hydrogen (secondary N) is 1. The molecule has 94 valence electrons. The Balaban J connectivity index is 2.72. The van der Waals surface area contributed by atoms with E-state index in [1.54, 1.807) is 4.90 Å². The maximum Gasteiger partial charge on any atom is 0.410 e. The van der Waals surface area contributed by atoms with Crippen LogP contribution in [0.5, 0.6) is 0 Å². The van der Waals surface area contributed by atoms with Crippen LogP contribution in [0, 0.1) is 0 Å². The van der Waals surface area contributed by atoms with Crippen LogP contribution in [0.4, 0.5) is 4.79 Å². The van der Waals surface area contributed by atoms with Crippen LogP contribution >= 0.6 is 0 Å². The van der Waals surface area contributed by atoms with Crippen molar-refractivity contribution in [2.45, 2.75) is 58.2 Å². The van der Waals surface area contributed by atoms with Gasteiger partial charge in [0.15, 0.2) is 0 Å². The molecule has 1 unspecified atom stereocenters. The number of hydrogen-bond acceptors (Lipinski definition) is 4. The van der Waals surface area contributed by atoms with Crippen molar-refractivity contribution in [3.63, 3.8) is 0 Å². The van der Waals surface area contributed by atoms with Crippen LogP contribution < -0.4 is 11.3 Å². The Kier molecular flexibility index (Phi) is 3.50. The second kappa shape index (κ2) is 4.22. The van der Waals surface area contributed by atoms with Crippen LogP contribution in [0.2, 0.25) is 0 Å². The van der Waals surface area contributed by atoms with Crippen LogP contribution in [0.25, 0.3) is 0 Å². The maximum atomic E-state index is 12.0. The van der Waals surface area contributed by atoms with Crippen LogP contribution in [0.1, 0.15) is 41.0 Å². The predicted octanol–water partition coefficient (Wildman–Crippen LogP) is 1.24. The number of rotatable bonds is 1. The Bertz CT molecular complexity index is 271. The molecule has 16 heavy (non-hydrogen) atoms. The Morgan fingerprint density at radius 3 is 2.44 bits per heavy atom. The van der Waals surface area contributed by atoms with E-state index in [1.165, 1.54) is 0 Å². The van der Waals surface area contributed by atoms with E-state index in [-0.39, 0.29) is 17.7 Å². The number of nitrogens with two attached hydrogens (primary N) is 1. The number of carbonyl (C=O) groups excluding carboxylic acids is 1. The third-order valence-corrected chi connectivity index (χ3v) is 3.00. The van der Waals surface area contributed by atoms with E-state index in [4.69, 9.17) is 10.6 Å². The third-order valence-electron chi connectivity index (χ3n) is 3.00. The Labute approximate surface area is 97.3 Å². The zero-order valence-electron chi connectivity index (χ0n) is 10.8. The van der Waals surface area contributed by atoms with Crippen molar-refractivity contribution in [2.75, 3.05) is 6.54 Å². The summed E-state index contributed by atoms with van der Waals surface area (Å²) in [6.07, 6.45) is 0.582. The summed E-state index contributed by atoms with van der Waals surface area (Å²) < 4.78 is 5.37. The lowest BCUT2D eigenvalue weighted by atomic mass is 9.97. The molecule has 1 aliphatic heterocycles. The molecule has 0 bridgehead atoms. The molecule has 3 N–H and O–H groups in total. The Morgan fingerprint density at radius 2 is 2.06 bits per heavy atom. The minimum Gasteiger partial charge on any atom is -0.444 e. The van der Waals surface area contributed by atoms with Crippen LogP contribution in [-0.4, -0.2) is 34.7 Å². The number of nitrogens with zero attached hydrogens (tertiary/aromatic N) is 1. The van der Waals surface area contributed by atoms with Gasteiger partial charge in [0.25, 0.3) is 0 Å². The summed E-state index contributed by atoms with van der Waals surface area (Å²) in [5.41, 5.74) is 1.99. The van der Waals surface area contributed by atoms with Gasteiger partial charge in [0.05, 0.1) is 5.54 Å². The molecule has 0 saturated carbocycles. The predicted molar refractivity (Wildman–Crippen MR) is 62.7 cm³/mol. The highest BCUT2D eigenvalue weighted by Crippen LogP contribution is 2.29. The van der Waals surface area contributed by atoms with E-state index in [2.05, 4.69) is 5.43 Å². The first kappa shape index (κ1) is 13.3. The minimum atomic E-state index is -0.457. The molecule has 5 heteroatoms. The normalized spacial score (nSPS) is 24.6. The topological polar surface area (TPSA) is 67.6 Å².